The van der Waals surface area contributed by atoms with Crippen molar-refractivity contribution in [1.82, 2.24) is 14.2 Å². The number of sulfonamides is 1. The van der Waals surface area contributed by atoms with Gasteiger partial charge in [-0.05, 0) is 44.1 Å². The van der Waals surface area contributed by atoms with Crippen LogP contribution in [0.2, 0.25) is 6.04 Å². The van der Waals surface area contributed by atoms with Gasteiger partial charge in [0.25, 0.3) is 0 Å². The SMILES string of the molecule is O=S(=O)(c1cccc2cnccc12)N1CCCN(CCC[Si]O)CC1. The van der Waals surface area contributed by atoms with Crippen LogP contribution in [0.15, 0.2) is 41.6 Å². The largest absolute Gasteiger partial charge is 0.432 e. The van der Waals surface area contributed by atoms with Gasteiger partial charge in [0.05, 0.1) is 4.90 Å². The molecule has 1 aromatic heterocycles. The number of fused-ring (bicyclic) bond motifs is 1. The standard InChI is InChI=1S/C17H23N3O3SSi/c21-24(22,17-5-1-4-15-14-18-7-6-16(15)17)20-10-2-8-19(11-12-20)9-3-13-25-23/h1,4-7,14,23H,2-3,8-13H2. The lowest BCUT2D eigenvalue weighted by molar-refractivity contribution is 0.286. The van der Waals surface area contributed by atoms with Crippen LogP contribution in [0.1, 0.15) is 12.8 Å². The summed E-state index contributed by atoms with van der Waals surface area (Å²) in [6.07, 6.45) is 5.11. The molecule has 3 rings (SSSR count). The number of rotatable bonds is 6. The minimum absolute atomic E-state index is 0.00339. The Morgan fingerprint density at radius 1 is 1.16 bits per heavy atom. The fourth-order valence-corrected chi connectivity index (χ4v) is 5.25. The average Bonchev–Trinajstić information content (AvgIpc) is 2.88. The van der Waals surface area contributed by atoms with Gasteiger partial charge in [-0.25, -0.2) is 8.42 Å². The van der Waals surface area contributed by atoms with E-state index in [0.29, 0.717) is 18.0 Å². The molecule has 2 aromatic rings. The molecule has 0 amide bonds. The predicted octanol–water partition coefficient (Wildman–Crippen LogP) is 1.35. The molecule has 1 fully saturated rings. The Hall–Kier alpha value is -1.32. The van der Waals surface area contributed by atoms with Crippen LogP contribution in [0.5, 0.6) is 0 Å². The molecule has 0 bridgehead atoms. The number of aromatic nitrogens is 1. The summed E-state index contributed by atoms with van der Waals surface area (Å²) in [5.74, 6) is 0. The maximum Gasteiger partial charge on any atom is 0.243 e. The van der Waals surface area contributed by atoms with Crippen LogP contribution in [-0.2, 0) is 10.0 Å². The van der Waals surface area contributed by atoms with E-state index in [2.05, 4.69) is 9.88 Å². The maximum absolute atomic E-state index is 13.2. The number of pyridine rings is 1. The summed E-state index contributed by atoms with van der Waals surface area (Å²) >= 11 is 0. The Morgan fingerprint density at radius 2 is 2.04 bits per heavy atom. The Morgan fingerprint density at radius 3 is 2.88 bits per heavy atom. The van der Waals surface area contributed by atoms with E-state index in [1.54, 1.807) is 34.9 Å². The van der Waals surface area contributed by atoms with Crippen molar-refractivity contribution in [2.24, 2.45) is 0 Å². The monoisotopic (exact) mass is 377 g/mol. The van der Waals surface area contributed by atoms with Crippen molar-refractivity contribution in [3.63, 3.8) is 0 Å². The topological polar surface area (TPSA) is 73.7 Å². The van der Waals surface area contributed by atoms with Crippen molar-refractivity contribution in [3.8, 4) is 0 Å². The van der Waals surface area contributed by atoms with Crippen molar-refractivity contribution in [3.05, 3.63) is 36.7 Å². The molecule has 0 saturated carbocycles. The molecule has 6 nitrogen and oxygen atoms in total. The van der Waals surface area contributed by atoms with Crippen molar-refractivity contribution in [1.29, 1.82) is 0 Å². The molecule has 1 aliphatic heterocycles. The first kappa shape index (κ1) is 18.5. The second-order valence-corrected chi connectivity index (χ2v) is 8.94. The van der Waals surface area contributed by atoms with E-state index in [0.717, 1.165) is 49.3 Å². The van der Waals surface area contributed by atoms with E-state index in [1.807, 2.05) is 6.07 Å². The minimum atomic E-state index is -3.52. The van der Waals surface area contributed by atoms with Gasteiger partial charge in [-0.2, -0.15) is 4.31 Å². The molecular weight excluding hydrogens is 354 g/mol. The molecule has 8 heteroatoms. The van der Waals surface area contributed by atoms with Crippen molar-refractivity contribution >= 4 is 30.6 Å². The zero-order valence-electron chi connectivity index (χ0n) is 14.1. The van der Waals surface area contributed by atoms with Crippen LogP contribution in [0.4, 0.5) is 0 Å². The van der Waals surface area contributed by atoms with Gasteiger partial charge in [-0.3, -0.25) is 4.98 Å². The molecule has 0 aliphatic carbocycles. The molecule has 2 radical (unpaired) electrons. The first-order chi connectivity index (χ1) is 12.1. The summed E-state index contributed by atoms with van der Waals surface area (Å²) < 4.78 is 28.0. The highest BCUT2D eigenvalue weighted by atomic mass is 32.2. The van der Waals surface area contributed by atoms with Crippen LogP contribution in [0, 0.1) is 0 Å². The zero-order valence-corrected chi connectivity index (χ0v) is 16.0. The highest BCUT2D eigenvalue weighted by Gasteiger charge is 2.28. The summed E-state index contributed by atoms with van der Waals surface area (Å²) in [5, 5.41) is 1.56. The van der Waals surface area contributed by atoms with Crippen molar-refractivity contribution in [2.45, 2.75) is 23.8 Å². The smallest absolute Gasteiger partial charge is 0.243 e. The fourth-order valence-electron chi connectivity index (χ4n) is 3.25. The van der Waals surface area contributed by atoms with Crippen molar-refractivity contribution in [2.75, 3.05) is 32.7 Å². The Bertz CT molecular complexity index is 810. The third kappa shape index (κ3) is 4.27. The highest BCUT2D eigenvalue weighted by Crippen LogP contribution is 2.25. The summed E-state index contributed by atoms with van der Waals surface area (Å²) in [6.45, 7) is 3.61. The number of nitrogens with zero attached hydrogens (tertiary/aromatic N) is 3. The van der Waals surface area contributed by atoms with Gasteiger partial charge in [0.15, 0.2) is 0 Å². The number of hydrogen-bond donors (Lipinski definition) is 1. The highest BCUT2D eigenvalue weighted by molar-refractivity contribution is 7.89. The summed E-state index contributed by atoms with van der Waals surface area (Å²) in [4.78, 5) is 15.7. The Kier molecular flexibility index (Phi) is 6.18. The molecule has 0 spiro atoms. The molecule has 0 atom stereocenters. The van der Waals surface area contributed by atoms with Gasteiger partial charge >= 0.3 is 0 Å². The van der Waals surface area contributed by atoms with Gasteiger partial charge in [-0.15, -0.1) is 0 Å². The van der Waals surface area contributed by atoms with E-state index in [4.69, 9.17) is 4.80 Å². The molecule has 2 heterocycles. The van der Waals surface area contributed by atoms with Crippen LogP contribution >= 0.6 is 0 Å². The molecular formula is C17H23N3O3SSi. The third-order valence-electron chi connectivity index (χ3n) is 4.57. The predicted molar refractivity (Wildman–Crippen MR) is 99.0 cm³/mol. The summed E-state index contributed by atoms with van der Waals surface area (Å²) in [7, 11) is -3.52. The first-order valence-corrected chi connectivity index (χ1v) is 11.1. The van der Waals surface area contributed by atoms with E-state index in [9.17, 15) is 8.42 Å². The zero-order chi connectivity index (χ0) is 17.7. The lowest BCUT2D eigenvalue weighted by Gasteiger charge is -2.22. The molecule has 25 heavy (non-hydrogen) atoms. The van der Waals surface area contributed by atoms with Gasteiger partial charge < -0.3 is 9.70 Å². The normalized spacial score (nSPS) is 17.6. The van der Waals surface area contributed by atoms with Crippen LogP contribution in [-0.4, -0.2) is 69.9 Å². The molecule has 0 unspecified atom stereocenters. The minimum Gasteiger partial charge on any atom is -0.432 e. The maximum atomic E-state index is 13.2. The Labute approximate surface area is 151 Å². The van der Waals surface area contributed by atoms with Gasteiger partial charge in [0.2, 0.25) is 19.8 Å². The average molecular weight is 378 g/mol. The second-order valence-electron chi connectivity index (χ2n) is 6.21. The van der Waals surface area contributed by atoms with Gasteiger partial charge in [-0.1, -0.05) is 12.1 Å². The van der Waals surface area contributed by atoms with E-state index in [1.165, 1.54) is 0 Å². The number of hydrogen-bond acceptors (Lipinski definition) is 5. The summed E-state index contributed by atoms with van der Waals surface area (Å²) in [5.41, 5.74) is 0. The fraction of sp³-hybridized carbons (Fsp3) is 0.471. The van der Waals surface area contributed by atoms with Crippen LogP contribution in [0.3, 0.4) is 0 Å². The molecule has 1 N–H and O–H groups in total. The second kappa shape index (κ2) is 8.37. The quantitative estimate of drug-likeness (QED) is 0.608. The van der Waals surface area contributed by atoms with E-state index < -0.39 is 10.0 Å². The van der Waals surface area contributed by atoms with Gasteiger partial charge in [0.1, 0.15) is 0 Å². The first-order valence-electron chi connectivity index (χ1n) is 8.55. The lowest BCUT2D eigenvalue weighted by Crippen LogP contribution is -2.35. The van der Waals surface area contributed by atoms with E-state index in [-0.39, 0.29) is 9.76 Å². The van der Waals surface area contributed by atoms with Crippen LogP contribution < -0.4 is 0 Å². The van der Waals surface area contributed by atoms with Crippen LogP contribution in [0.25, 0.3) is 10.8 Å². The molecule has 134 valence electrons. The third-order valence-corrected chi connectivity index (χ3v) is 7.10. The van der Waals surface area contributed by atoms with E-state index >= 15 is 0 Å². The van der Waals surface area contributed by atoms with Crippen molar-refractivity contribution < 1.29 is 13.2 Å². The molecule has 1 aromatic carbocycles. The molecule has 1 aliphatic rings. The Balaban J connectivity index is 1.78. The molecule has 1 saturated heterocycles. The summed E-state index contributed by atoms with van der Waals surface area (Å²) in [6, 6.07) is 7.93. The lowest BCUT2D eigenvalue weighted by atomic mass is 10.2. The number of benzene rings is 1. The van der Waals surface area contributed by atoms with Gasteiger partial charge in [0, 0.05) is 42.8 Å².